The summed E-state index contributed by atoms with van der Waals surface area (Å²) in [6, 6.07) is 10.1. The lowest BCUT2D eigenvalue weighted by atomic mass is 9.89. The second kappa shape index (κ2) is 12.1. The standard InChI is InChI=1S/C28H37N3O6/c1-34-24-11-10-19(13-25(24)35-2)12-23-14-20-15-26(36-3)27(37-4)16-21(20)17-30(23)28(18-31(32)33)29-22-8-6-5-7-9-22/h10-11,13,15-16,18,22-23,29H,5-9,12,14,17H2,1-4H3/b28-18-. The molecular formula is C28H37N3O6. The Labute approximate surface area is 218 Å². The van der Waals surface area contributed by atoms with Gasteiger partial charge in [0.15, 0.2) is 28.8 Å². The van der Waals surface area contributed by atoms with E-state index in [9.17, 15) is 10.1 Å². The van der Waals surface area contributed by atoms with Crippen molar-refractivity contribution < 1.29 is 23.9 Å². The van der Waals surface area contributed by atoms with Crippen LogP contribution in [0.1, 0.15) is 48.8 Å². The number of benzene rings is 2. The molecule has 4 rings (SSSR count). The van der Waals surface area contributed by atoms with Crippen LogP contribution >= 0.6 is 0 Å². The van der Waals surface area contributed by atoms with Gasteiger partial charge in [-0.15, -0.1) is 0 Å². The lowest BCUT2D eigenvalue weighted by Crippen LogP contribution is -2.47. The SMILES string of the molecule is COc1ccc(CC2Cc3cc(OC)c(OC)cc3CN2/C(=C\[N+](=O)[O-])NC2CCCCC2)cc1OC. The first-order valence-corrected chi connectivity index (χ1v) is 12.8. The van der Waals surface area contributed by atoms with Crippen molar-refractivity contribution >= 4 is 0 Å². The Balaban J connectivity index is 1.72. The van der Waals surface area contributed by atoms with Crippen LogP contribution in [0.25, 0.3) is 0 Å². The molecular weight excluding hydrogens is 474 g/mol. The molecule has 9 nitrogen and oxygen atoms in total. The molecule has 0 amide bonds. The molecule has 2 aromatic rings. The van der Waals surface area contributed by atoms with Gasteiger partial charge in [-0.1, -0.05) is 25.3 Å². The Kier molecular flexibility index (Phi) is 8.63. The van der Waals surface area contributed by atoms with E-state index >= 15 is 0 Å². The fourth-order valence-electron chi connectivity index (χ4n) is 5.47. The number of fused-ring (bicyclic) bond motifs is 1. The second-order valence-electron chi connectivity index (χ2n) is 9.63. The lowest BCUT2D eigenvalue weighted by molar-refractivity contribution is -0.405. The molecule has 200 valence electrons. The minimum Gasteiger partial charge on any atom is -0.493 e. The van der Waals surface area contributed by atoms with Crippen molar-refractivity contribution in [1.82, 2.24) is 10.2 Å². The maximum atomic E-state index is 11.7. The highest BCUT2D eigenvalue weighted by atomic mass is 16.6. The highest BCUT2D eigenvalue weighted by Gasteiger charge is 2.32. The van der Waals surface area contributed by atoms with Crippen LogP contribution in [-0.4, -0.2) is 50.3 Å². The summed E-state index contributed by atoms with van der Waals surface area (Å²) in [4.78, 5) is 13.5. The quantitative estimate of drug-likeness (QED) is 0.363. The van der Waals surface area contributed by atoms with Crippen LogP contribution < -0.4 is 24.3 Å². The molecule has 0 bridgehead atoms. The molecule has 1 N–H and O–H groups in total. The number of ether oxygens (including phenoxy) is 4. The molecule has 0 aromatic heterocycles. The third-order valence-electron chi connectivity index (χ3n) is 7.36. The molecule has 1 saturated carbocycles. The molecule has 9 heteroatoms. The van der Waals surface area contributed by atoms with Crippen molar-refractivity contribution in [3.05, 3.63) is 69.2 Å². The first-order valence-electron chi connectivity index (χ1n) is 12.8. The smallest absolute Gasteiger partial charge is 0.274 e. The Morgan fingerprint density at radius 2 is 1.57 bits per heavy atom. The highest BCUT2D eigenvalue weighted by molar-refractivity contribution is 5.49. The van der Waals surface area contributed by atoms with E-state index in [1.165, 1.54) is 6.42 Å². The van der Waals surface area contributed by atoms with Crippen LogP contribution in [0.3, 0.4) is 0 Å². The molecule has 1 heterocycles. The monoisotopic (exact) mass is 511 g/mol. The van der Waals surface area contributed by atoms with Crippen molar-refractivity contribution in [2.75, 3.05) is 28.4 Å². The number of nitrogens with zero attached hydrogens (tertiary/aromatic N) is 2. The maximum absolute atomic E-state index is 11.7. The van der Waals surface area contributed by atoms with Gasteiger partial charge in [0.05, 0.1) is 33.4 Å². The third-order valence-corrected chi connectivity index (χ3v) is 7.36. The van der Waals surface area contributed by atoms with E-state index in [1.807, 2.05) is 30.3 Å². The minimum atomic E-state index is -0.358. The zero-order chi connectivity index (χ0) is 26.4. The largest absolute Gasteiger partial charge is 0.493 e. The number of nitro groups is 1. The Bertz CT molecular complexity index is 1130. The summed E-state index contributed by atoms with van der Waals surface area (Å²) in [6.45, 7) is 0.521. The van der Waals surface area contributed by atoms with E-state index in [0.717, 1.165) is 48.6 Å². The third kappa shape index (κ3) is 6.21. The van der Waals surface area contributed by atoms with Crippen LogP contribution in [-0.2, 0) is 19.4 Å². The number of rotatable bonds is 10. The fourth-order valence-corrected chi connectivity index (χ4v) is 5.47. The molecule has 1 atom stereocenters. The Morgan fingerprint density at radius 1 is 0.946 bits per heavy atom. The van der Waals surface area contributed by atoms with Gasteiger partial charge in [0, 0.05) is 18.6 Å². The Morgan fingerprint density at radius 3 is 2.19 bits per heavy atom. The summed E-state index contributed by atoms with van der Waals surface area (Å²) in [5, 5.41) is 15.3. The van der Waals surface area contributed by atoms with E-state index in [1.54, 1.807) is 28.4 Å². The molecule has 37 heavy (non-hydrogen) atoms. The summed E-state index contributed by atoms with van der Waals surface area (Å²) in [7, 11) is 6.49. The van der Waals surface area contributed by atoms with Gasteiger partial charge in [0.2, 0.25) is 0 Å². The molecule has 1 fully saturated rings. The van der Waals surface area contributed by atoms with E-state index in [-0.39, 0.29) is 17.0 Å². The van der Waals surface area contributed by atoms with Gasteiger partial charge in [0.1, 0.15) is 0 Å². The van der Waals surface area contributed by atoms with Gasteiger partial charge < -0.3 is 29.2 Å². The molecule has 1 aliphatic heterocycles. The van der Waals surface area contributed by atoms with Gasteiger partial charge in [-0.3, -0.25) is 10.1 Å². The van der Waals surface area contributed by atoms with Crippen LogP contribution in [0, 0.1) is 10.1 Å². The molecule has 0 radical (unpaired) electrons. The van der Waals surface area contributed by atoms with Crippen molar-refractivity contribution in [3.8, 4) is 23.0 Å². The average Bonchev–Trinajstić information content (AvgIpc) is 2.91. The molecule has 1 unspecified atom stereocenters. The van der Waals surface area contributed by atoms with Crippen molar-refractivity contribution in [2.45, 2.75) is 63.6 Å². The van der Waals surface area contributed by atoms with E-state index in [4.69, 9.17) is 18.9 Å². The first kappa shape index (κ1) is 26.4. The molecule has 2 aliphatic rings. The predicted octanol–water partition coefficient (Wildman–Crippen LogP) is 4.69. The average molecular weight is 512 g/mol. The summed E-state index contributed by atoms with van der Waals surface area (Å²) in [5.41, 5.74) is 3.29. The number of hydrogen-bond donors (Lipinski definition) is 1. The topological polar surface area (TPSA) is 95.3 Å². The molecule has 1 aliphatic carbocycles. The summed E-state index contributed by atoms with van der Waals surface area (Å²) < 4.78 is 22.0. The normalized spacial score (nSPS) is 18.1. The maximum Gasteiger partial charge on any atom is 0.274 e. The van der Waals surface area contributed by atoms with Crippen molar-refractivity contribution in [2.24, 2.45) is 0 Å². The van der Waals surface area contributed by atoms with E-state index in [0.29, 0.717) is 48.2 Å². The predicted molar refractivity (Wildman–Crippen MR) is 141 cm³/mol. The van der Waals surface area contributed by atoms with Crippen molar-refractivity contribution in [3.63, 3.8) is 0 Å². The van der Waals surface area contributed by atoms with E-state index in [2.05, 4.69) is 10.2 Å². The number of nitrogens with one attached hydrogen (secondary N) is 1. The number of hydrogen-bond acceptors (Lipinski definition) is 8. The first-order chi connectivity index (χ1) is 17.9. The summed E-state index contributed by atoms with van der Waals surface area (Å²) in [5.74, 6) is 3.22. The van der Waals surface area contributed by atoms with Crippen LogP contribution in [0.5, 0.6) is 23.0 Å². The fraction of sp³-hybridized carbons (Fsp3) is 0.500. The van der Waals surface area contributed by atoms with Gasteiger partial charge >= 0.3 is 0 Å². The lowest BCUT2D eigenvalue weighted by Gasteiger charge is -2.41. The molecule has 0 saturated heterocycles. The number of methoxy groups -OCH3 is 4. The minimum absolute atomic E-state index is 0.0222. The van der Waals surface area contributed by atoms with Gasteiger partial charge in [-0.05, 0) is 66.6 Å². The zero-order valence-corrected chi connectivity index (χ0v) is 22.1. The van der Waals surface area contributed by atoms with Crippen molar-refractivity contribution in [1.29, 1.82) is 0 Å². The molecule has 0 spiro atoms. The van der Waals surface area contributed by atoms with Gasteiger partial charge in [0.25, 0.3) is 6.20 Å². The van der Waals surface area contributed by atoms with Gasteiger partial charge in [-0.2, -0.15) is 0 Å². The summed E-state index contributed by atoms with van der Waals surface area (Å²) >= 11 is 0. The molecule has 2 aromatic carbocycles. The van der Waals surface area contributed by atoms with Crippen LogP contribution in [0.15, 0.2) is 42.4 Å². The summed E-state index contributed by atoms with van der Waals surface area (Å²) in [6.07, 6.45) is 8.03. The highest BCUT2D eigenvalue weighted by Crippen LogP contribution is 2.37. The van der Waals surface area contributed by atoms with Crippen LogP contribution in [0.2, 0.25) is 0 Å². The Hall–Kier alpha value is -3.62. The second-order valence-corrected chi connectivity index (χ2v) is 9.63. The van der Waals surface area contributed by atoms with Gasteiger partial charge in [-0.25, -0.2) is 0 Å². The zero-order valence-electron chi connectivity index (χ0n) is 22.1. The van der Waals surface area contributed by atoms with E-state index < -0.39 is 0 Å². The van der Waals surface area contributed by atoms with Crippen LogP contribution in [0.4, 0.5) is 0 Å².